The topological polar surface area (TPSA) is 68.3 Å². The monoisotopic (exact) mass is 290 g/mol. The third-order valence-electron chi connectivity index (χ3n) is 3.19. The number of sulfonamides is 1. The Morgan fingerprint density at radius 2 is 2.00 bits per heavy atom. The van der Waals surface area contributed by atoms with E-state index in [1.54, 1.807) is 42.7 Å². The number of pyridine rings is 1. The van der Waals surface area contributed by atoms with Gasteiger partial charge in [0.25, 0.3) is 0 Å². The van der Waals surface area contributed by atoms with Crippen molar-refractivity contribution in [3.05, 3.63) is 53.9 Å². The maximum absolute atomic E-state index is 12.2. The fourth-order valence-electron chi connectivity index (χ4n) is 2.09. The van der Waals surface area contributed by atoms with E-state index in [1.807, 2.05) is 0 Å². The molecule has 0 spiro atoms. The fraction of sp³-hybridized carbons (Fsp3) is 0.214. The van der Waals surface area contributed by atoms with E-state index in [0.717, 1.165) is 23.3 Å². The van der Waals surface area contributed by atoms with Crippen LogP contribution in [0.5, 0.6) is 5.75 Å². The smallest absolute Gasteiger partial charge is 0.240 e. The summed E-state index contributed by atoms with van der Waals surface area (Å²) in [4.78, 5) is 4.17. The van der Waals surface area contributed by atoms with Crippen molar-refractivity contribution in [2.45, 2.75) is 17.9 Å². The van der Waals surface area contributed by atoms with Crippen LogP contribution in [0.1, 0.15) is 11.1 Å². The first-order valence-corrected chi connectivity index (χ1v) is 7.78. The number of rotatable bonds is 4. The van der Waals surface area contributed by atoms with E-state index >= 15 is 0 Å². The molecule has 0 unspecified atom stereocenters. The Hall–Kier alpha value is -1.92. The minimum atomic E-state index is -3.51. The highest BCUT2D eigenvalue weighted by atomic mass is 32.2. The highest BCUT2D eigenvalue weighted by Crippen LogP contribution is 2.27. The summed E-state index contributed by atoms with van der Waals surface area (Å²) < 4.78 is 32.4. The van der Waals surface area contributed by atoms with E-state index in [-0.39, 0.29) is 11.4 Å². The van der Waals surface area contributed by atoms with Gasteiger partial charge in [0.2, 0.25) is 10.0 Å². The summed E-state index contributed by atoms with van der Waals surface area (Å²) in [7, 11) is -3.51. The van der Waals surface area contributed by atoms with Gasteiger partial charge in [-0.05, 0) is 41.5 Å². The van der Waals surface area contributed by atoms with Gasteiger partial charge in [0.15, 0.2) is 0 Å². The van der Waals surface area contributed by atoms with Crippen molar-refractivity contribution in [3.63, 3.8) is 0 Å². The summed E-state index contributed by atoms with van der Waals surface area (Å²) in [5, 5.41) is 0. The van der Waals surface area contributed by atoms with Crippen LogP contribution in [0.15, 0.2) is 47.6 Å². The van der Waals surface area contributed by atoms with Gasteiger partial charge in [-0.2, -0.15) is 0 Å². The second-order valence-electron chi connectivity index (χ2n) is 4.55. The summed E-state index contributed by atoms with van der Waals surface area (Å²) >= 11 is 0. The molecule has 1 aromatic carbocycles. The van der Waals surface area contributed by atoms with Crippen molar-refractivity contribution in [2.75, 3.05) is 6.61 Å². The molecule has 1 aliphatic heterocycles. The van der Waals surface area contributed by atoms with E-state index in [4.69, 9.17) is 4.74 Å². The van der Waals surface area contributed by atoms with Crippen LogP contribution in [0.3, 0.4) is 0 Å². The van der Waals surface area contributed by atoms with Crippen molar-refractivity contribution in [3.8, 4) is 5.75 Å². The maximum Gasteiger partial charge on any atom is 0.240 e. The number of nitrogens with zero attached hydrogens (tertiary/aromatic N) is 1. The quantitative estimate of drug-likeness (QED) is 0.926. The molecule has 0 fully saturated rings. The van der Waals surface area contributed by atoms with Gasteiger partial charge in [-0.15, -0.1) is 0 Å². The van der Waals surface area contributed by atoms with E-state index in [1.165, 1.54) is 0 Å². The average Bonchev–Trinajstić information content (AvgIpc) is 2.94. The van der Waals surface area contributed by atoms with Crippen LogP contribution in [0.2, 0.25) is 0 Å². The minimum absolute atomic E-state index is 0.248. The molecule has 1 aliphatic rings. The van der Waals surface area contributed by atoms with Crippen molar-refractivity contribution in [1.29, 1.82) is 0 Å². The Labute approximate surface area is 117 Å². The molecular formula is C14H14N2O3S. The first kappa shape index (κ1) is 13.1. The van der Waals surface area contributed by atoms with Crippen LogP contribution in [-0.4, -0.2) is 20.0 Å². The molecule has 3 rings (SSSR count). The Morgan fingerprint density at radius 3 is 2.80 bits per heavy atom. The lowest BCUT2D eigenvalue weighted by Gasteiger charge is -2.08. The zero-order valence-electron chi connectivity index (χ0n) is 10.7. The molecular weight excluding hydrogens is 276 g/mol. The molecule has 0 atom stereocenters. The number of hydrogen-bond donors (Lipinski definition) is 1. The number of hydrogen-bond acceptors (Lipinski definition) is 4. The first-order chi connectivity index (χ1) is 9.65. The summed E-state index contributed by atoms with van der Waals surface area (Å²) in [6.07, 6.45) is 4.02. The largest absolute Gasteiger partial charge is 0.493 e. The van der Waals surface area contributed by atoms with Crippen LogP contribution < -0.4 is 9.46 Å². The molecule has 104 valence electrons. The van der Waals surface area contributed by atoms with Crippen molar-refractivity contribution < 1.29 is 13.2 Å². The van der Waals surface area contributed by atoms with Crippen LogP contribution in [0.25, 0.3) is 0 Å². The highest BCUT2D eigenvalue weighted by Gasteiger charge is 2.18. The summed E-state index contributed by atoms with van der Waals surface area (Å²) in [6.45, 7) is 0.863. The molecule has 2 aromatic rings. The van der Waals surface area contributed by atoms with Gasteiger partial charge >= 0.3 is 0 Å². The lowest BCUT2D eigenvalue weighted by atomic mass is 10.2. The third kappa shape index (κ3) is 2.66. The SMILES string of the molecule is O=S(=O)(NCc1ccncc1)c1ccc2c(c1)CCO2. The number of fused-ring (bicyclic) bond motifs is 1. The Kier molecular flexibility index (Phi) is 3.42. The molecule has 1 N–H and O–H groups in total. The highest BCUT2D eigenvalue weighted by molar-refractivity contribution is 7.89. The summed E-state index contributed by atoms with van der Waals surface area (Å²) in [5.41, 5.74) is 1.81. The van der Waals surface area contributed by atoms with Gasteiger partial charge in [-0.1, -0.05) is 0 Å². The number of aromatic nitrogens is 1. The number of benzene rings is 1. The van der Waals surface area contributed by atoms with Gasteiger partial charge in [0.05, 0.1) is 11.5 Å². The van der Waals surface area contributed by atoms with E-state index < -0.39 is 10.0 Å². The fourth-order valence-corrected chi connectivity index (χ4v) is 3.16. The van der Waals surface area contributed by atoms with Crippen LogP contribution in [0, 0.1) is 0 Å². The van der Waals surface area contributed by atoms with Gasteiger partial charge in [0, 0.05) is 25.4 Å². The molecule has 5 nitrogen and oxygen atoms in total. The van der Waals surface area contributed by atoms with Gasteiger partial charge < -0.3 is 4.74 Å². The Morgan fingerprint density at radius 1 is 1.20 bits per heavy atom. The number of nitrogens with one attached hydrogen (secondary N) is 1. The lowest BCUT2D eigenvalue weighted by molar-refractivity contribution is 0.356. The zero-order chi connectivity index (χ0) is 14.0. The summed E-state index contributed by atoms with van der Waals surface area (Å²) in [6, 6.07) is 8.51. The lowest BCUT2D eigenvalue weighted by Crippen LogP contribution is -2.23. The molecule has 0 saturated carbocycles. The maximum atomic E-state index is 12.2. The van der Waals surface area contributed by atoms with E-state index in [0.29, 0.717) is 6.61 Å². The van der Waals surface area contributed by atoms with E-state index in [9.17, 15) is 8.42 Å². The molecule has 0 bridgehead atoms. The Balaban J connectivity index is 1.78. The number of ether oxygens (including phenoxy) is 1. The second-order valence-corrected chi connectivity index (χ2v) is 6.31. The molecule has 0 amide bonds. The second kappa shape index (κ2) is 5.22. The van der Waals surface area contributed by atoms with Crippen LogP contribution in [-0.2, 0) is 23.0 Å². The molecule has 2 heterocycles. The normalized spacial score (nSPS) is 13.8. The van der Waals surface area contributed by atoms with Crippen molar-refractivity contribution in [1.82, 2.24) is 9.71 Å². The molecule has 0 aliphatic carbocycles. The molecule has 0 saturated heterocycles. The standard InChI is InChI=1S/C14H14N2O3S/c17-20(18,16-10-11-3-6-15-7-4-11)13-1-2-14-12(9-13)5-8-19-14/h1-4,6-7,9,16H,5,8,10H2. The first-order valence-electron chi connectivity index (χ1n) is 6.29. The minimum Gasteiger partial charge on any atom is -0.493 e. The predicted molar refractivity (Wildman–Crippen MR) is 73.9 cm³/mol. The van der Waals surface area contributed by atoms with Crippen LogP contribution >= 0.6 is 0 Å². The van der Waals surface area contributed by atoms with E-state index in [2.05, 4.69) is 9.71 Å². The van der Waals surface area contributed by atoms with Crippen molar-refractivity contribution >= 4 is 10.0 Å². The molecule has 6 heteroatoms. The van der Waals surface area contributed by atoms with Gasteiger partial charge in [-0.3, -0.25) is 4.98 Å². The molecule has 0 radical (unpaired) electrons. The molecule has 20 heavy (non-hydrogen) atoms. The molecule has 1 aromatic heterocycles. The van der Waals surface area contributed by atoms with Crippen LogP contribution in [0.4, 0.5) is 0 Å². The summed E-state index contributed by atoms with van der Waals surface area (Å²) in [5.74, 6) is 0.776. The van der Waals surface area contributed by atoms with Crippen molar-refractivity contribution in [2.24, 2.45) is 0 Å². The zero-order valence-corrected chi connectivity index (χ0v) is 11.6. The predicted octanol–water partition coefficient (Wildman–Crippen LogP) is 1.50. The average molecular weight is 290 g/mol. The third-order valence-corrected chi connectivity index (χ3v) is 4.59. The van der Waals surface area contributed by atoms with Gasteiger partial charge in [0.1, 0.15) is 5.75 Å². The van der Waals surface area contributed by atoms with Gasteiger partial charge in [-0.25, -0.2) is 13.1 Å². The Bertz CT molecular complexity index is 714.